The summed E-state index contributed by atoms with van der Waals surface area (Å²) >= 11 is 0. The molecule has 0 amide bonds. The van der Waals surface area contributed by atoms with Gasteiger partial charge in [0.1, 0.15) is 5.78 Å². The van der Waals surface area contributed by atoms with Crippen LogP contribution in [0.1, 0.15) is 36.8 Å². The van der Waals surface area contributed by atoms with Crippen molar-refractivity contribution in [2.45, 2.75) is 25.7 Å². The van der Waals surface area contributed by atoms with Crippen LogP contribution in [0.15, 0.2) is 66.7 Å². The zero-order valence-electron chi connectivity index (χ0n) is 14.2. The van der Waals surface area contributed by atoms with Crippen LogP contribution in [0.3, 0.4) is 0 Å². The van der Waals surface area contributed by atoms with E-state index in [0.717, 1.165) is 11.1 Å². The fourth-order valence-electron chi connectivity index (χ4n) is 2.91. The molecular weight excluding hydrogens is 308 g/mol. The average Bonchev–Trinajstić information content (AvgIpc) is 2.65. The molecule has 0 heterocycles. The maximum atomic E-state index is 11.8. The van der Waals surface area contributed by atoms with E-state index in [4.69, 9.17) is 0 Å². The van der Waals surface area contributed by atoms with Crippen molar-refractivity contribution in [3.8, 4) is 12.1 Å². The van der Waals surface area contributed by atoms with Crippen molar-refractivity contribution in [3.05, 3.63) is 77.9 Å². The Balaban J connectivity index is 2.34. The number of allylic oxidation sites excluding steroid dienone is 1. The van der Waals surface area contributed by atoms with Gasteiger partial charge in [-0.2, -0.15) is 10.5 Å². The summed E-state index contributed by atoms with van der Waals surface area (Å²) in [6.45, 7) is 1.50. The molecule has 0 aliphatic rings. The van der Waals surface area contributed by atoms with Crippen LogP contribution in [0.5, 0.6) is 0 Å². The molecule has 0 aliphatic heterocycles. The molecular formula is C22H20N2O. The summed E-state index contributed by atoms with van der Waals surface area (Å²) in [5.41, 5.74) is 0.571. The van der Waals surface area contributed by atoms with E-state index in [0.29, 0.717) is 0 Å². The number of nitrogens with zero attached hydrogens (tertiary/aromatic N) is 2. The fraction of sp³-hybridized carbons (Fsp3) is 0.227. The SMILES string of the molecule is CC(=O)CC(c1ccccc1)C(C#N)(C#N)C/C=C/c1ccccc1. The molecule has 0 aliphatic carbocycles. The largest absolute Gasteiger partial charge is 0.300 e. The lowest BCUT2D eigenvalue weighted by molar-refractivity contribution is -0.117. The molecule has 0 radical (unpaired) electrons. The first-order chi connectivity index (χ1) is 12.1. The van der Waals surface area contributed by atoms with E-state index in [1.165, 1.54) is 6.92 Å². The van der Waals surface area contributed by atoms with Gasteiger partial charge in [0.2, 0.25) is 0 Å². The smallest absolute Gasteiger partial charge is 0.154 e. The molecule has 3 heteroatoms. The standard InChI is InChI=1S/C22H20N2O/c1-18(25)15-21(20-12-6-3-7-13-20)22(16-23,17-24)14-8-11-19-9-4-2-5-10-19/h2-13,21H,14-15H2,1H3/b11-8+. The normalized spacial score (nSPS) is 12.3. The summed E-state index contributed by atoms with van der Waals surface area (Å²) < 4.78 is 0. The molecule has 124 valence electrons. The summed E-state index contributed by atoms with van der Waals surface area (Å²) in [4.78, 5) is 11.8. The Labute approximate surface area is 148 Å². The van der Waals surface area contributed by atoms with Crippen LogP contribution in [0.4, 0.5) is 0 Å². The molecule has 1 atom stereocenters. The third-order valence-electron chi connectivity index (χ3n) is 4.24. The van der Waals surface area contributed by atoms with Crippen molar-refractivity contribution in [1.29, 1.82) is 10.5 Å². The Morgan fingerprint density at radius 2 is 1.60 bits per heavy atom. The first-order valence-corrected chi connectivity index (χ1v) is 8.20. The Morgan fingerprint density at radius 1 is 1.04 bits per heavy atom. The number of ketones is 1. The van der Waals surface area contributed by atoms with Crippen LogP contribution in [0.2, 0.25) is 0 Å². The van der Waals surface area contributed by atoms with E-state index in [2.05, 4.69) is 12.1 Å². The maximum Gasteiger partial charge on any atom is 0.154 e. The van der Waals surface area contributed by atoms with Crippen molar-refractivity contribution in [2.24, 2.45) is 5.41 Å². The van der Waals surface area contributed by atoms with Crippen molar-refractivity contribution >= 4 is 11.9 Å². The lowest BCUT2D eigenvalue weighted by atomic mass is 9.69. The number of hydrogen-bond donors (Lipinski definition) is 0. The molecule has 2 aromatic carbocycles. The third kappa shape index (κ3) is 4.66. The number of hydrogen-bond acceptors (Lipinski definition) is 3. The third-order valence-corrected chi connectivity index (χ3v) is 4.24. The van der Waals surface area contributed by atoms with Crippen LogP contribution >= 0.6 is 0 Å². The molecule has 3 nitrogen and oxygen atoms in total. The first-order valence-electron chi connectivity index (χ1n) is 8.20. The monoisotopic (exact) mass is 328 g/mol. The van der Waals surface area contributed by atoms with Crippen LogP contribution in [0, 0.1) is 28.1 Å². The van der Waals surface area contributed by atoms with E-state index in [1.54, 1.807) is 0 Å². The molecule has 0 fully saturated rings. The Morgan fingerprint density at radius 3 is 2.12 bits per heavy atom. The summed E-state index contributed by atoms with van der Waals surface area (Å²) in [6, 6.07) is 23.5. The number of nitriles is 2. The van der Waals surface area contributed by atoms with Gasteiger partial charge in [0.15, 0.2) is 5.41 Å². The lowest BCUT2D eigenvalue weighted by Crippen LogP contribution is -2.27. The highest BCUT2D eigenvalue weighted by atomic mass is 16.1. The Kier molecular flexibility index (Phi) is 6.26. The van der Waals surface area contributed by atoms with E-state index in [-0.39, 0.29) is 18.6 Å². The summed E-state index contributed by atoms with van der Waals surface area (Å²) in [6.07, 6.45) is 4.18. The van der Waals surface area contributed by atoms with Crippen molar-refractivity contribution < 1.29 is 4.79 Å². The number of carbonyl (C=O) groups excluding carboxylic acids is 1. The second-order valence-electron chi connectivity index (χ2n) is 6.08. The molecule has 0 bridgehead atoms. The number of carbonyl (C=O) groups is 1. The fourth-order valence-corrected chi connectivity index (χ4v) is 2.91. The van der Waals surface area contributed by atoms with Gasteiger partial charge in [0.25, 0.3) is 0 Å². The molecule has 0 N–H and O–H groups in total. The molecule has 0 spiro atoms. The van der Waals surface area contributed by atoms with Gasteiger partial charge in [-0.15, -0.1) is 0 Å². The number of rotatable bonds is 7. The van der Waals surface area contributed by atoms with Gasteiger partial charge in [-0.1, -0.05) is 72.8 Å². The lowest BCUT2D eigenvalue weighted by Gasteiger charge is -2.28. The van der Waals surface area contributed by atoms with Gasteiger partial charge in [0.05, 0.1) is 12.1 Å². The molecule has 1 unspecified atom stereocenters. The minimum absolute atomic E-state index is 0.0317. The van der Waals surface area contributed by atoms with Crippen LogP contribution in [0.25, 0.3) is 6.08 Å². The topological polar surface area (TPSA) is 64.7 Å². The predicted octanol–water partition coefficient (Wildman–Crippen LogP) is 4.89. The molecule has 0 saturated carbocycles. The highest BCUT2D eigenvalue weighted by Gasteiger charge is 2.40. The van der Waals surface area contributed by atoms with Crippen molar-refractivity contribution in [2.75, 3.05) is 0 Å². The molecule has 2 rings (SSSR count). The summed E-state index contributed by atoms with van der Waals surface area (Å²) in [7, 11) is 0. The molecule has 25 heavy (non-hydrogen) atoms. The zero-order valence-corrected chi connectivity index (χ0v) is 14.2. The van der Waals surface area contributed by atoms with Crippen LogP contribution < -0.4 is 0 Å². The second kappa shape index (κ2) is 8.62. The van der Waals surface area contributed by atoms with Gasteiger partial charge < -0.3 is 4.79 Å². The minimum atomic E-state index is -1.28. The van der Waals surface area contributed by atoms with Gasteiger partial charge in [-0.3, -0.25) is 0 Å². The number of benzene rings is 2. The quantitative estimate of drug-likeness (QED) is 0.727. The van der Waals surface area contributed by atoms with Crippen LogP contribution in [-0.4, -0.2) is 5.78 Å². The second-order valence-corrected chi connectivity index (χ2v) is 6.08. The summed E-state index contributed by atoms with van der Waals surface area (Å²) in [5.74, 6) is -0.489. The first kappa shape index (κ1) is 18.2. The maximum absolute atomic E-state index is 11.8. The van der Waals surface area contributed by atoms with E-state index in [1.807, 2.05) is 72.8 Å². The van der Waals surface area contributed by atoms with E-state index < -0.39 is 11.3 Å². The Hall–Kier alpha value is -3.17. The highest BCUT2D eigenvalue weighted by molar-refractivity contribution is 5.77. The van der Waals surface area contributed by atoms with Gasteiger partial charge >= 0.3 is 0 Å². The van der Waals surface area contributed by atoms with Gasteiger partial charge in [-0.25, -0.2) is 0 Å². The zero-order chi connectivity index (χ0) is 18.1. The molecule has 0 saturated heterocycles. The van der Waals surface area contributed by atoms with E-state index >= 15 is 0 Å². The number of Topliss-reactive ketones (excluding diaryl/α,β-unsaturated/α-hetero) is 1. The highest BCUT2D eigenvalue weighted by Crippen LogP contribution is 2.41. The molecule has 2 aromatic rings. The van der Waals surface area contributed by atoms with Crippen molar-refractivity contribution in [3.63, 3.8) is 0 Å². The average molecular weight is 328 g/mol. The van der Waals surface area contributed by atoms with Gasteiger partial charge in [-0.05, 0) is 24.5 Å². The van der Waals surface area contributed by atoms with E-state index in [9.17, 15) is 15.3 Å². The van der Waals surface area contributed by atoms with Crippen molar-refractivity contribution in [1.82, 2.24) is 0 Å². The summed E-state index contributed by atoms with van der Waals surface area (Å²) in [5, 5.41) is 19.6. The van der Waals surface area contributed by atoms with Crippen LogP contribution in [-0.2, 0) is 4.79 Å². The van der Waals surface area contributed by atoms with Gasteiger partial charge in [0, 0.05) is 12.3 Å². The predicted molar refractivity (Wildman–Crippen MR) is 98.2 cm³/mol. The Bertz CT molecular complexity index is 797. The molecule has 0 aromatic heterocycles. The minimum Gasteiger partial charge on any atom is -0.300 e.